The molecule has 2 heterocycles. The fourth-order valence-electron chi connectivity index (χ4n) is 1.40. The number of phenols is 1. The summed E-state index contributed by atoms with van der Waals surface area (Å²) in [6, 6.07) is 14.8. The van der Waals surface area contributed by atoms with Crippen LogP contribution >= 0.6 is 0 Å². The second-order valence-corrected chi connectivity index (χ2v) is 3.38. The minimum Gasteiger partial charge on any atom is -0.506 e. The number of hydrogen-bond acceptors (Lipinski definition) is 3. The van der Waals surface area contributed by atoms with Crippen LogP contribution < -0.4 is 0 Å². The van der Waals surface area contributed by atoms with Gasteiger partial charge in [0.05, 0.1) is 0 Å². The average Bonchev–Trinajstić information content (AvgIpc) is 2.42. The molecule has 0 aliphatic rings. The van der Waals surface area contributed by atoms with Crippen molar-refractivity contribution in [2.45, 2.75) is 0 Å². The Kier molecular flexibility index (Phi) is 5.95. The molecule has 2 aromatic heterocycles. The Morgan fingerprint density at radius 3 is 2.06 bits per heavy atom. The van der Waals surface area contributed by atoms with Gasteiger partial charge in [0, 0.05) is 43.5 Å². The van der Waals surface area contributed by atoms with E-state index in [1.807, 2.05) is 36.4 Å². The third-order valence-corrected chi connectivity index (χ3v) is 2.18. The summed E-state index contributed by atoms with van der Waals surface area (Å²) in [5, 5.41) is 10.3. The van der Waals surface area contributed by atoms with Crippen molar-refractivity contribution in [1.29, 1.82) is 0 Å². The van der Waals surface area contributed by atoms with Crippen LogP contribution in [0.1, 0.15) is 0 Å². The Balaban J connectivity index is 0.000000199. The van der Waals surface area contributed by atoms with Gasteiger partial charge < -0.3 is 5.11 Å². The van der Waals surface area contributed by atoms with Crippen molar-refractivity contribution in [2.24, 2.45) is 0 Å². The van der Waals surface area contributed by atoms with Gasteiger partial charge in [-0.25, -0.2) is 0 Å². The molecule has 3 nitrogen and oxygen atoms in total. The van der Waals surface area contributed by atoms with E-state index in [2.05, 4.69) is 9.97 Å². The maximum absolute atomic E-state index is 9.31. The number of rotatable bonds is 0. The largest absolute Gasteiger partial charge is 0.506 e. The van der Waals surface area contributed by atoms with Crippen molar-refractivity contribution in [3.63, 3.8) is 0 Å². The molecule has 1 N–H and O–H groups in total. The van der Waals surface area contributed by atoms with Crippen molar-refractivity contribution in [1.82, 2.24) is 9.97 Å². The number of nitrogens with zero attached hydrogens (tertiary/aromatic N) is 2. The first-order valence-electron chi connectivity index (χ1n) is 5.25. The number of phenolic OH excluding ortho intramolecular Hbond substituents is 1. The maximum Gasteiger partial charge on any atom is 0.141 e. The Labute approximate surface area is 118 Å². The molecule has 0 atom stereocenters. The monoisotopic (exact) mass is 288 g/mol. The van der Waals surface area contributed by atoms with Crippen LogP contribution in [-0.4, -0.2) is 15.1 Å². The van der Waals surface area contributed by atoms with Crippen molar-refractivity contribution < 1.29 is 24.6 Å². The zero-order valence-corrected chi connectivity index (χ0v) is 12.9. The molecule has 0 aliphatic carbocycles. The fourth-order valence-corrected chi connectivity index (χ4v) is 1.40. The van der Waals surface area contributed by atoms with Gasteiger partial charge in [0.25, 0.3) is 0 Å². The summed E-state index contributed by atoms with van der Waals surface area (Å²) in [7, 11) is 0. The molecule has 0 saturated carbocycles. The molecule has 1 aromatic carbocycles. The molecule has 3 rings (SSSR count). The van der Waals surface area contributed by atoms with E-state index < -0.39 is 0 Å². The first kappa shape index (κ1) is 14.3. The Morgan fingerprint density at radius 2 is 1.50 bits per heavy atom. The van der Waals surface area contributed by atoms with Gasteiger partial charge in [-0.3, -0.25) is 9.97 Å². The second kappa shape index (κ2) is 7.51. The number of aromatic hydroxyl groups is 1. The SMILES string of the molecule is Oc1cccc2cccnc12.[Zn].c1ccncc1. The Hall–Kier alpha value is -1.80. The summed E-state index contributed by atoms with van der Waals surface area (Å²) in [6.07, 6.45) is 5.17. The quantitative estimate of drug-likeness (QED) is 0.647. The van der Waals surface area contributed by atoms with Crippen molar-refractivity contribution in [2.75, 3.05) is 0 Å². The molecule has 0 amide bonds. The number of fused-ring (bicyclic) bond motifs is 1. The molecule has 0 spiro atoms. The molecule has 0 aliphatic heterocycles. The van der Waals surface area contributed by atoms with Crippen molar-refractivity contribution >= 4 is 10.9 Å². The molecule has 0 radical (unpaired) electrons. The molecule has 0 unspecified atom stereocenters. The zero-order valence-electron chi connectivity index (χ0n) is 9.90. The molecule has 0 bridgehead atoms. The van der Waals surface area contributed by atoms with Crippen LogP contribution in [0.3, 0.4) is 0 Å². The zero-order chi connectivity index (χ0) is 11.9. The maximum atomic E-state index is 9.31. The number of benzene rings is 1. The summed E-state index contributed by atoms with van der Waals surface area (Å²) in [5.41, 5.74) is 0.662. The van der Waals surface area contributed by atoms with E-state index in [1.165, 1.54) is 0 Å². The van der Waals surface area contributed by atoms with E-state index in [9.17, 15) is 5.11 Å². The molecule has 0 saturated heterocycles. The van der Waals surface area contributed by atoms with Gasteiger partial charge in [-0.1, -0.05) is 24.3 Å². The van der Waals surface area contributed by atoms with Crippen LogP contribution in [0.5, 0.6) is 5.75 Å². The van der Waals surface area contributed by atoms with Gasteiger partial charge in [0.1, 0.15) is 11.3 Å². The standard InChI is InChI=1S/C9H7NO.C5H5N.Zn/c11-8-5-1-3-7-4-2-6-10-9(7)8;1-2-4-6-5-3-1;/h1-6,11H;1-5H;. The molecule has 0 fully saturated rings. The Bertz CT molecular complexity index is 555. The van der Waals surface area contributed by atoms with E-state index in [0.717, 1.165) is 5.39 Å². The Morgan fingerprint density at radius 1 is 0.778 bits per heavy atom. The summed E-state index contributed by atoms with van der Waals surface area (Å²) in [4.78, 5) is 7.82. The van der Waals surface area contributed by atoms with E-state index in [0.29, 0.717) is 5.52 Å². The van der Waals surface area contributed by atoms with Gasteiger partial charge in [-0.05, 0) is 24.3 Å². The van der Waals surface area contributed by atoms with E-state index in [4.69, 9.17) is 0 Å². The minimum absolute atomic E-state index is 0. The van der Waals surface area contributed by atoms with Crippen molar-refractivity contribution in [3.8, 4) is 5.75 Å². The van der Waals surface area contributed by atoms with Crippen LogP contribution in [-0.2, 0) is 19.5 Å². The summed E-state index contributed by atoms with van der Waals surface area (Å²) in [6.45, 7) is 0. The van der Waals surface area contributed by atoms with Crippen LogP contribution in [0.2, 0.25) is 0 Å². The molecular weight excluding hydrogens is 278 g/mol. The van der Waals surface area contributed by atoms with Gasteiger partial charge in [0.15, 0.2) is 0 Å². The average molecular weight is 290 g/mol. The molecule has 18 heavy (non-hydrogen) atoms. The summed E-state index contributed by atoms with van der Waals surface area (Å²) >= 11 is 0. The van der Waals surface area contributed by atoms with Crippen molar-refractivity contribution in [3.05, 3.63) is 67.1 Å². The molecular formula is C14H12N2OZn. The number of pyridine rings is 2. The van der Waals surface area contributed by atoms with Gasteiger partial charge in [-0.15, -0.1) is 0 Å². The summed E-state index contributed by atoms with van der Waals surface area (Å²) in [5.74, 6) is 0.239. The van der Waals surface area contributed by atoms with E-state index >= 15 is 0 Å². The first-order valence-corrected chi connectivity index (χ1v) is 5.25. The smallest absolute Gasteiger partial charge is 0.141 e. The van der Waals surface area contributed by atoms with Gasteiger partial charge in [-0.2, -0.15) is 0 Å². The van der Waals surface area contributed by atoms with E-state index in [1.54, 1.807) is 30.7 Å². The second-order valence-electron chi connectivity index (χ2n) is 3.38. The number of hydrogen-bond donors (Lipinski definition) is 1. The van der Waals surface area contributed by atoms with Crippen LogP contribution in [0.25, 0.3) is 10.9 Å². The first-order chi connectivity index (χ1) is 8.38. The summed E-state index contributed by atoms with van der Waals surface area (Å²) < 4.78 is 0. The predicted octanol–water partition coefficient (Wildman–Crippen LogP) is 3.02. The molecule has 4 heteroatoms. The number of para-hydroxylation sites is 1. The van der Waals surface area contributed by atoms with Gasteiger partial charge >= 0.3 is 0 Å². The van der Waals surface area contributed by atoms with Crippen LogP contribution in [0.4, 0.5) is 0 Å². The topological polar surface area (TPSA) is 46.0 Å². The minimum atomic E-state index is 0. The third-order valence-electron chi connectivity index (χ3n) is 2.18. The van der Waals surface area contributed by atoms with Crippen LogP contribution in [0, 0.1) is 0 Å². The fraction of sp³-hybridized carbons (Fsp3) is 0. The normalized spacial score (nSPS) is 8.89. The van der Waals surface area contributed by atoms with E-state index in [-0.39, 0.29) is 25.2 Å². The van der Waals surface area contributed by atoms with Gasteiger partial charge in [0.2, 0.25) is 0 Å². The van der Waals surface area contributed by atoms with Crippen LogP contribution in [0.15, 0.2) is 67.1 Å². The molecule has 3 aromatic rings. The predicted molar refractivity (Wildman–Crippen MR) is 67.6 cm³/mol. The third kappa shape index (κ3) is 3.90. The number of aromatic nitrogens is 2. The molecule has 86 valence electrons.